The van der Waals surface area contributed by atoms with Gasteiger partial charge in [-0.3, -0.25) is 0 Å². The van der Waals surface area contributed by atoms with Gasteiger partial charge in [0.15, 0.2) is 0 Å². The lowest BCUT2D eigenvalue weighted by molar-refractivity contribution is 0.159. The molecular weight excluding hydrogens is 174 g/mol. The quantitative estimate of drug-likeness (QED) is 0.636. The lowest BCUT2D eigenvalue weighted by Gasteiger charge is -2.07. The van der Waals surface area contributed by atoms with Crippen molar-refractivity contribution < 1.29 is 5.11 Å². The molecule has 1 aliphatic rings. The van der Waals surface area contributed by atoms with Crippen molar-refractivity contribution in [1.82, 2.24) is 0 Å². The van der Waals surface area contributed by atoms with Gasteiger partial charge in [0, 0.05) is 11.1 Å². The first-order valence-corrected chi connectivity index (χ1v) is 4.28. The Morgan fingerprint density at radius 2 is 2.25 bits per heavy atom. The zero-order valence-electron chi connectivity index (χ0n) is 6.50. The van der Waals surface area contributed by atoms with Crippen molar-refractivity contribution in [2.75, 3.05) is 0 Å². The minimum absolute atomic E-state index is 0.168. The van der Waals surface area contributed by atoms with Crippen LogP contribution in [0.15, 0.2) is 18.2 Å². The van der Waals surface area contributed by atoms with E-state index in [1.54, 1.807) is 6.07 Å². The first kappa shape index (κ1) is 8.05. The maximum absolute atomic E-state index is 9.57. The number of aliphatic hydroxyl groups is 1. The minimum atomic E-state index is -0.516. The molecule has 0 saturated carbocycles. The first-order chi connectivity index (χ1) is 5.68. The van der Waals surface area contributed by atoms with Crippen molar-refractivity contribution >= 4 is 11.6 Å². The van der Waals surface area contributed by atoms with Crippen molar-refractivity contribution in [3.8, 4) is 0 Å². The minimum Gasteiger partial charge on any atom is -0.387 e. The highest BCUT2D eigenvalue weighted by molar-refractivity contribution is 6.30. The van der Waals surface area contributed by atoms with E-state index in [9.17, 15) is 5.11 Å². The van der Waals surface area contributed by atoms with Crippen LogP contribution in [-0.4, -0.2) is 11.1 Å². The molecule has 0 aromatic heterocycles. The Labute approximate surface area is 76.0 Å². The van der Waals surface area contributed by atoms with Crippen LogP contribution >= 0.6 is 11.6 Å². The molecule has 0 aliphatic heterocycles. The predicted molar refractivity (Wildman–Crippen MR) is 48.1 cm³/mol. The van der Waals surface area contributed by atoms with Gasteiger partial charge in [-0.1, -0.05) is 17.7 Å². The number of hydrogen-bond acceptors (Lipinski definition) is 2. The van der Waals surface area contributed by atoms with Crippen LogP contribution in [-0.2, 0) is 6.42 Å². The van der Waals surface area contributed by atoms with E-state index < -0.39 is 6.10 Å². The lowest BCUT2D eigenvalue weighted by Crippen LogP contribution is -2.24. The third kappa shape index (κ3) is 1.12. The van der Waals surface area contributed by atoms with Crippen LogP contribution in [0.3, 0.4) is 0 Å². The van der Waals surface area contributed by atoms with E-state index in [1.807, 2.05) is 12.1 Å². The monoisotopic (exact) mass is 183 g/mol. The van der Waals surface area contributed by atoms with Gasteiger partial charge in [0.2, 0.25) is 0 Å². The molecule has 0 spiro atoms. The van der Waals surface area contributed by atoms with Gasteiger partial charge < -0.3 is 10.8 Å². The third-order valence-corrected chi connectivity index (χ3v) is 2.52. The van der Waals surface area contributed by atoms with Gasteiger partial charge in [-0.05, 0) is 29.7 Å². The summed E-state index contributed by atoms with van der Waals surface area (Å²) in [5.74, 6) is 0. The van der Waals surface area contributed by atoms with Crippen molar-refractivity contribution in [1.29, 1.82) is 0 Å². The molecule has 0 bridgehead atoms. The van der Waals surface area contributed by atoms with E-state index in [4.69, 9.17) is 17.3 Å². The van der Waals surface area contributed by atoms with Crippen LogP contribution in [0.25, 0.3) is 0 Å². The number of nitrogens with two attached hydrogens (primary N) is 1. The molecular formula is C9H10ClNO. The molecule has 0 saturated heterocycles. The Hall–Kier alpha value is -0.570. The normalized spacial score (nSPS) is 27.2. The highest BCUT2D eigenvalue weighted by Gasteiger charge is 2.27. The molecule has 0 amide bonds. The number of benzene rings is 1. The first-order valence-electron chi connectivity index (χ1n) is 3.90. The SMILES string of the molecule is N[C@H]1Cc2cc(Cl)ccc2[C@@H]1O. The molecule has 0 fully saturated rings. The van der Waals surface area contributed by atoms with Crippen LogP contribution in [0.4, 0.5) is 0 Å². The van der Waals surface area contributed by atoms with Crippen molar-refractivity contribution in [3.63, 3.8) is 0 Å². The van der Waals surface area contributed by atoms with Crippen molar-refractivity contribution in [2.24, 2.45) is 5.73 Å². The Kier molecular flexibility index (Phi) is 1.83. The second-order valence-electron chi connectivity index (χ2n) is 3.16. The summed E-state index contributed by atoms with van der Waals surface area (Å²) in [6.45, 7) is 0. The molecule has 3 N–H and O–H groups in total. The van der Waals surface area contributed by atoms with Crippen LogP contribution in [0.1, 0.15) is 17.2 Å². The molecule has 3 heteroatoms. The Morgan fingerprint density at radius 1 is 1.50 bits per heavy atom. The summed E-state index contributed by atoms with van der Waals surface area (Å²) in [7, 11) is 0. The molecule has 1 aromatic rings. The Morgan fingerprint density at radius 3 is 3.00 bits per heavy atom. The fourth-order valence-corrected chi connectivity index (χ4v) is 1.83. The maximum Gasteiger partial charge on any atom is 0.0946 e. The van der Waals surface area contributed by atoms with E-state index in [1.165, 1.54) is 0 Å². The second-order valence-corrected chi connectivity index (χ2v) is 3.59. The van der Waals surface area contributed by atoms with Crippen molar-refractivity contribution in [2.45, 2.75) is 18.6 Å². The number of rotatable bonds is 0. The summed E-state index contributed by atoms with van der Waals surface area (Å²) in [6.07, 6.45) is 0.203. The van der Waals surface area contributed by atoms with Crippen LogP contribution in [0, 0.1) is 0 Å². The molecule has 2 nitrogen and oxygen atoms in total. The molecule has 64 valence electrons. The average molecular weight is 184 g/mol. The summed E-state index contributed by atoms with van der Waals surface area (Å²) in [6, 6.07) is 5.32. The molecule has 1 aliphatic carbocycles. The number of hydrogen-bond donors (Lipinski definition) is 2. The largest absolute Gasteiger partial charge is 0.387 e. The molecule has 12 heavy (non-hydrogen) atoms. The Balaban J connectivity index is 2.47. The maximum atomic E-state index is 9.57. The average Bonchev–Trinajstić information content (AvgIpc) is 2.28. The summed E-state index contributed by atoms with van der Waals surface area (Å²) < 4.78 is 0. The van der Waals surface area contributed by atoms with E-state index in [0.717, 1.165) is 17.5 Å². The standard InChI is InChI=1S/C9H10ClNO/c10-6-1-2-7-5(3-6)4-8(11)9(7)12/h1-3,8-9,12H,4,11H2/t8-,9-/m0/s1. The molecule has 2 atom stereocenters. The van der Waals surface area contributed by atoms with Crippen molar-refractivity contribution in [3.05, 3.63) is 34.3 Å². The van der Waals surface area contributed by atoms with Crippen LogP contribution in [0.2, 0.25) is 5.02 Å². The second kappa shape index (κ2) is 2.73. The fourth-order valence-electron chi connectivity index (χ4n) is 1.64. The molecule has 0 unspecified atom stereocenters. The van der Waals surface area contributed by atoms with E-state index in [0.29, 0.717) is 5.02 Å². The molecule has 0 radical (unpaired) electrons. The van der Waals surface area contributed by atoms with Gasteiger partial charge in [-0.15, -0.1) is 0 Å². The van der Waals surface area contributed by atoms with Gasteiger partial charge in [0.05, 0.1) is 6.10 Å². The molecule has 1 aromatic carbocycles. The van der Waals surface area contributed by atoms with Crippen LogP contribution < -0.4 is 5.73 Å². The van der Waals surface area contributed by atoms with E-state index >= 15 is 0 Å². The number of halogens is 1. The topological polar surface area (TPSA) is 46.2 Å². The van der Waals surface area contributed by atoms with E-state index in [-0.39, 0.29) is 6.04 Å². The number of fused-ring (bicyclic) bond motifs is 1. The van der Waals surface area contributed by atoms with Gasteiger partial charge in [-0.2, -0.15) is 0 Å². The fraction of sp³-hybridized carbons (Fsp3) is 0.333. The smallest absolute Gasteiger partial charge is 0.0946 e. The number of aliphatic hydroxyl groups excluding tert-OH is 1. The van der Waals surface area contributed by atoms with Crippen LogP contribution in [0.5, 0.6) is 0 Å². The third-order valence-electron chi connectivity index (χ3n) is 2.28. The van der Waals surface area contributed by atoms with Gasteiger partial charge >= 0.3 is 0 Å². The summed E-state index contributed by atoms with van der Waals surface area (Å²) in [4.78, 5) is 0. The van der Waals surface area contributed by atoms with Gasteiger partial charge in [0.1, 0.15) is 0 Å². The zero-order valence-corrected chi connectivity index (χ0v) is 7.25. The molecule has 2 rings (SSSR count). The van der Waals surface area contributed by atoms with Gasteiger partial charge in [-0.25, -0.2) is 0 Å². The lowest BCUT2D eigenvalue weighted by atomic mass is 10.1. The predicted octanol–water partition coefficient (Wildman–Crippen LogP) is 1.26. The highest BCUT2D eigenvalue weighted by atomic mass is 35.5. The van der Waals surface area contributed by atoms with Gasteiger partial charge in [0.25, 0.3) is 0 Å². The highest BCUT2D eigenvalue weighted by Crippen LogP contribution is 2.31. The summed E-state index contributed by atoms with van der Waals surface area (Å²) >= 11 is 5.80. The molecule has 0 heterocycles. The Bertz CT molecular complexity index is 313. The summed E-state index contributed by atoms with van der Waals surface area (Å²) in [5.41, 5.74) is 7.68. The van der Waals surface area contributed by atoms with E-state index in [2.05, 4.69) is 0 Å². The summed E-state index contributed by atoms with van der Waals surface area (Å²) in [5, 5.41) is 10.3. The zero-order chi connectivity index (χ0) is 8.72.